The monoisotopic (exact) mass is 406 g/mol. The zero-order chi connectivity index (χ0) is 20.9. The molecule has 30 heavy (non-hydrogen) atoms. The summed E-state index contributed by atoms with van der Waals surface area (Å²) < 4.78 is 11.4. The Labute approximate surface area is 175 Å². The van der Waals surface area contributed by atoms with Gasteiger partial charge in [0.25, 0.3) is 5.91 Å². The van der Waals surface area contributed by atoms with Gasteiger partial charge in [0.15, 0.2) is 12.6 Å². The molecule has 156 valence electrons. The molecule has 1 aromatic heterocycles. The Hall–Kier alpha value is -3.48. The predicted molar refractivity (Wildman–Crippen MR) is 118 cm³/mol. The maximum atomic E-state index is 12.2. The average Bonchev–Trinajstić information content (AvgIpc) is 3.10. The number of aryl methyl sites for hydroxylation is 1. The molecule has 3 aromatic rings. The number of carbonyl (C=O) groups is 1. The number of hydrogen-bond acceptors (Lipinski definition) is 4. The number of benzene rings is 2. The molecule has 0 unspecified atom stereocenters. The molecule has 4 rings (SSSR count). The fraction of sp³-hybridized carbons (Fsp3) is 0.304. The van der Waals surface area contributed by atoms with Gasteiger partial charge in [-0.25, -0.2) is 0 Å². The fourth-order valence-corrected chi connectivity index (χ4v) is 3.62. The first-order chi connectivity index (χ1) is 14.7. The molecule has 0 saturated carbocycles. The van der Waals surface area contributed by atoms with E-state index in [1.54, 1.807) is 11.9 Å². The minimum Gasteiger partial charge on any atom is -0.482 e. The van der Waals surface area contributed by atoms with Gasteiger partial charge in [-0.05, 0) is 31.5 Å². The van der Waals surface area contributed by atoms with E-state index < -0.39 is 0 Å². The van der Waals surface area contributed by atoms with Crippen LogP contribution in [-0.4, -0.2) is 38.6 Å². The quantitative estimate of drug-likeness (QED) is 0.373. The summed E-state index contributed by atoms with van der Waals surface area (Å²) in [6.07, 6.45) is 0.782. The molecule has 0 fully saturated rings. The topological polar surface area (TPSA) is 79.1 Å². The standard InChI is InChI=1S/C23H26N4O3/c1-16-17-8-3-5-10-19(17)30-21(16)14-26-23(24-2)25-12-7-13-27-18-9-4-6-11-20(18)29-15-22(27)28/h3-6,8-11H,7,12-15H2,1-2H3,(H2,24,25,26). The van der Waals surface area contributed by atoms with E-state index in [2.05, 4.69) is 28.6 Å². The summed E-state index contributed by atoms with van der Waals surface area (Å²) >= 11 is 0. The number of amides is 1. The molecule has 1 aliphatic heterocycles. The number of aliphatic imine (C=N–C) groups is 1. The van der Waals surface area contributed by atoms with Crippen LogP contribution in [0.2, 0.25) is 0 Å². The number of nitrogens with one attached hydrogen (secondary N) is 2. The Morgan fingerprint density at radius 1 is 1.13 bits per heavy atom. The Kier molecular flexibility index (Phi) is 5.88. The van der Waals surface area contributed by atoms with Crippen molar-refractivity contribution in [1.82, 2.24) is 10.6 Å². The maximum Gasteiger partial charge on any atom is 0.265 e. The molecule has 1 aliphatic rings. The molecule has 2 heterocycles. The molecule has 0 atom stereocenters. The van der Waals surface area contributed by atoms with Crippen LogP contribution in [0.4, 0.5) is 5.69 Å². The molecule has 7 heteroatoms. The van der Waals surface area contributed by atoms with Crippen molar-refractivity contribution in [3.05, 3.63) is 59.9 Å². The van der Waals surface area contributed by atoms with Gasteiger partial charge in [-0.3, -0.25) is 9.79 Å². The van der Waals surface area contributed by atoms with E-state index in [0.717, 1.165) is 40.2 Å². The van der Waals surface area contributed by atoms with Crippen molar-refractivity contribution in [2.45, 2.75) is 19.9 Å². The lowest BCUT2D eigenvalue weighted by molar-refractivity contribution is -0.121. The number of para-hydroxylation sites is 3. The number of nitrogens with zero attached hydrogens (tertiary/aromatic N) is 2. The zero-order valence-electron chi connectivity index (χ0n) is 17.3. The van der Waals surface area contributed by atoms with Crippen LogP contribution in [0.1, 0.15) is 17.7 Å². The van der Waals surface area contributed by atoms with E-state index >= 15 is 0 Å². The van der Waals surface area contributed by atoms with Crippen LogP contribution in [0.5, 0.6) is 5.75 Å². The summed E-state index contributed by atoms with van der Waals surface area (Å²) in [5.74, 6) is 2.33. The number of guanidine groups is 1. The number of anilines is 1. The lowest BCUT2D eigenvalue weighted by Crippen LogP contribution is -2.42. The molecule has 0 spiro atoms. The second-order valence-electron chi connectivity index (χ2n) is 7.15. The van der Waals surface area contributed by atoms with Gasteiger partial charge in [-0.1, -0.05) is 30.3 Å². The zero-order valence-corrected chi connectivity index (χ0v) is 17.3. The second kappa shape index (κ2) is 8.90. The molecule has 2 aromatic carbocycles. The summed E-state index contributed by atoms with van der Waals surface area (Å²) in [6.45, 7) is 4.01. The van der Waals surface area contributed by atoms with Crippen LogP contribution < -0.4 is 20.3 Å². The van der Waals surface area contributed by atoms with Crippen molar-refractivity contribution in [3.8, 4) is 5.75 Å². The highest BCUT2D eigenvalue weighted by Gasteiger charge is 2.24. The third-order valence-corrected chi connectivity index (χ3v) is 5.24. The van der Waals surface area contributed by atoms with E-state index in [0.29, 0.717) is 25.6 Å². The Morgan fingerprint density at radius 3 is 2.77 bits per heavy atom. The summed E-state index contributed by atoms with van der Waals surface area (Å²) in [7, 11) is 1.74. The molecule has 2 N–H and O–H groups in total. The lowest BCUT2D eigenvalue weighted by Gasteiger charge is -2.29. The minimum atomic E-state index is -0.0171. The molecule has 0 bridgehead atoms. The Balaban J connectivity index is 1.28. The minimum absolute atomic E-state index is 0.0171. The molecular weight excluding hydrogens is 380 g/mol. The van der Waals surface area contributed by atoms with E-state index in [9.17, 15) is 4.79 Å². The third kappa shape index (κ3) is 4.10. The summed E-state index contributed by atoms with van der Waals surface area (Å²) in [4.78, 5) is 18.3. The van der Waals surface area contributed by atoms with Crippen molar-refractivity contribution >= 4 is 28.5 Å². The van der Waals surface area contributed by atoms with E-state index in [4.69, 9.17) is 9.15 Å². The number of furan rings is 1. The van der Waals surface area contributed by atoms with Crippen LogP contribution in [0.15, 0.2) is 57.9 Å². The summed E-state index contributed by atoms with van der Waals surface area (Å²) in [5, 5.41) is 7.73. The van der Waals surface area contributed by atoms with Crippen molar-refractivity contribution in [3.63, 3.8) is 0 Å². The first-order valence-corrected chi connectivity index (χ1v) is 10.1. The lowest BCUT2D eigenvalue weighted by atomic mass is 10.1. The molecule has 1 amide bonds. The fourth-order valence-electron chi connectivity index (χ4n) is 3.62. The van der Waals surface area contributed by atoms with Gasteiger partial charge >= 0.3 is 0 Å². The molecule has 0 saturated heterocycles. The van der Waals surface area contributed by atoms with Gasteiger partial charge in [0.05, 0.1) is 12.2 Å². The van der Waals surface area contributed by atoms with E-state index in [-0.39, 0.29) is 12.5 Å². The normalized spacial score (nSPS) is 13.9. The number of carbonyl (C=O) groups excluding carboxylic acids is 1. The highest BCUT2D eigenvalue weighted by molar-refractivity contribution is 5.97. The number of fused-ring (bicyclic) bond motifs is 2. The van der Waals surface area contributed by atoms with Gasteiger partial charge in [-0.15, -0.1) is 0 Å². The van der Waals surface area contributed by atoms with Gasteiger partial charge in [0.1, 0.15) is 17.1 Å². The van der Waals surface area contributed by atoms with E-state index in [1.807, 2.05) is 42.5 Å². The summed E-state index contributed by atoms with van der Waals surface area (Å²) in [5.41, 5.74) is 2.86. The number of rotatable bonds is 6. The smallest absolute Gasteiger partial charge is 0.265 e. The Morgan fingerprint density at radius 2 is 1.93 bits per heavy atom. The maximum absolute atomic E-state index is 12.2. The first kappa shape index (κ1) is 19.8. The molecule has 0 radical (unpaired) electrons. The van der Waals surface area contributed by atoms with Crippen molar-refractivity contribution < 1.29 is 13.9 Å². The molecule has 0 aliphatic carbocycles. The van der Waals surface area contributed by atoms with Crippen LogP contribution in [0.25, 0.3) is 11.0 Å². The van der Waals surface area contributed by atoms with Gasteiger partial charge < -0.3 is 24.7 Å². The van der Waals surface area contributed by atoms with Crippen LogP contribution in [0, 0.1) is 6.92 Å². The second-order valence-corrected chi connectivity index (χ2v) is 7.15. The van der Waals surface area contributed by atoms with Crippen LogP contribution in [-0.2, 0) is 11.3 Å². The summed E-state index contributed by atoms with van der Waals surface area (Å²) in [6, 6.07) is 15.7. The largest absolute Gasteiger partial charge is 0.482 e. The highest BCUT2D eigenvalue weighted by Crippen LogP contribution is 2.31. The third-order valence-electron chi connectivity index (χ3n) is 5.24. The number of ether oxygens (including phenoxy) is 1. The highest BCUT2D eigenvalue weighted by atomic mass is 16.5. The van der Waals surface area contributed by atoms with Gasteiger partial charge in [0.2, 0.25) is 0 Å². The predicted octanol–water partition coefficient (Wildman–Crippen LogP) is 3.22. The SMILES string of the molecule is CN=C(NCCCN1C(=O)COc2ccccc21)NCc1oc2ccccc2c1C. The molecular formula is C23H26N4O3. The van der Waals surface area contributed by atoms with E-state index in [1.165, 1.54) is 0 Å². The van der Waals surface area contributed by atoms with Gasteiger partial charge in [-0.2, -0.15) is 0 Å². The van der Waals surface area contributed by atoms with Crippen molar-refractivity contribution in [2.24, 2.45) is 4.99 Å². The van der Waals surface area contributed by atoms with Crippen LogP contribution in [0.3, 0.4) is 0 Å². The van der Waals surface area contributed by atoms with Crippen molar-refractivity contribution in [2.75, 3.05) is 31.6 Å². The van der Waals surface area contributed by atoms with Gasteiger partial charge in [0, 0.05) is 31.1 Å². The first-order valence-electron chi connectivity index (χ1n) is 10.1. The Bertz CT molecular complexity index is 1070. The van der Waals surface area contributed by atoms with Crippen molar-refractivity contribution in [1.29, 1.82) is 0 Å². The van der Waals surface area contributed by atoms with Crippen LogP contribution >= 0.6 is 0 Å². The number of hydrogen-bond donors (Lipinski definition) is 2. The molecule has 7 nitrogen and oxygen atoms in total. The average molecular weight is 406 g/mol.